The number of carbonyl (C=O) groups is 2. The number of nitrogens with one attached hydrogen (secondary N) is 1. The molecule has 1 amide bonds. The average molecular weight is 387 g/mol. The Morgan fingerprint density at radius 1 is 1.17 bits per heavy atom. The summed E-state index contributed by atoms with van der Waals surface area (Å²) in [6.07, 6.45) is 1.38. The van der Waals surface area contributed by atoms with Gasteiger partial charge in [-0.1, -0.05) is 6.07 Å². The molecule has 24 heavy (non-hydrogen) atoms. The monoisotopic (exact) mass is 386 g/mol. The number of carboxylic acids is 1. The second-order valence-corrected chi connectivity index (χ2v) is 5.57. The van der Waals surface area contributed by atoms with Gasteiger partial charge in [-0.15, -0.1) is 0 Å². The molecule has 120 valence electrons. The fourth-order valence-corrected chi connectivity index (χ4v) is 2.22. The van der Waals surface area contributed by atoms with Gasteiger partial charge in [0.25, 0.3) is 5.91 Å². The van der Waals surface area contributed by atoms with Crippen molar-refractivity contribution in [3.05, 3.63) is 63.6 Å². The Hall–Kier alpha value is -3.11. The summed E-state index contributed by atoms with van der Waals surface area (Å²) in [5.41, 5.74) is 0.901. The van der Waals surface area contributed by atoms with Gasteiger partial charge < -0.3 is 15.5 Å². The summed E-state index contributed by atoms with van der Waals surface area (Å²) in [5, 5.41) is 30.0. The third-order valence-electron chi connectivity index (χ3n) is 3.04. The molecule has 0 aliphatic heterocycles. The van der Waals surface area contributed by atoms with Crippen molar-refractivity contribution in [1.82, 2.24) is 0 Å². The lowest BCUT2D eigenvalue weighted by Gasteiger charge is -2.05. The molecule has 0 unspecified atom stereocenters. The van der Waals surface area contributed by atoms with Crippen LogP contribution in [0, 0.1) is 11.3 Å². The predicted molar refractivity (Wildman–Crippen MR) is 91.4 cm³/mol. The Labute approximate surface area is 145 Å². The molecule has 3 N–H and O–H groups in total. The maximum absolute atomic E-state index is 12.1. The van der Waals surface area contributed by atoms with E-state index < -0.39 is 11.9 Å². The molecule has 0 aliphatic carbocycles. The summed E-state index contributed by atoms with van der Waals surface area (Å²) in [5.74, 6) is -1.64. The highest BCUT2D eigenvalue weighted by Gasteiger charge is 2.11. The van der Waals surface area contributed by atoms with E-state index in [1.165, 1.54) is 36.4 Å². The first-order valence-electron chi connectivity index (χ1n) is 6.65. The van der Waals surface area contributed by atoms with E-state index in [-0.39, 0.29) is 16.9 Å². The maximum atomic E-state index is 12.1. The fourth-order valence-electron chi connectivity index (χ4n) is 1.82. The summed E-state index contributed by atoms with van der Waals surface area (Å²) in [6, 6.07) is 12.0. The Morgan fingerprint density at radius 2 is 1.83 bits per heavy atom. The minimum atomic E-state index is -1.07. The van der Waals surface area contributed by atoms with Crippen molar-refractivity contribution in [2.75, 3.05) is 5.32 Å². The van der Waals surface area contributed by atoms with Crippen LogP contribution in [0.1, 0.15) is 15.9 Å². The van der Waals surface area contributed by atoms with E-state index in [1.54, 1.807) is 12.1 Å². The Balaban J connectivity index is 2.19. The third-order valence-corrected chi connectivity index (χ3v) is 3.67. The van der Waals surface area contributed by atoms with Crippen molar-refractivity contribution in [3.8, 4) is 11.8 Å². The zero-order chi connectivity index (χ0) is 17.7. The van der Waals surface area contributed by atoms with Crippen molar-refractivity contribution < 1.29 is 19.8 Å². The van der Waals surface area contributed by atoms with Gasteiger partial charge in [0.2, 0.25) is 0 Å². The molecule has 6 nitrogen and oxygen atoms in total. The SMILES string of the molecule is N#CC(=Cc1ccc(O)c(Br)c1)C(=O)Nc1ccc(C(=O)O)cc1. The number of rotatable bonds is 4. The minimum Gasteiger partial charge on any atom is -0.507 e. The molecule has 0 aromatic heterocycles. The molecule has 0 heterocycles. The van der Waals surface area contributed by atoms with E-state index in [0.717, 1.165) is 0 Å². The van der Waals surface area contributed by atoms with E-state index in [4.69, 9.17) is 10.4 Å². The van der Waals surface area contributed by atoms with E-state index in [1.807, 2.05) is 6.07 Å². The van der Waals surface area contributed by atoms with E-state index in [0.29, 0.717) is 15.7 Å². The summed E-state index contributed by atoms with van der Waals surface area (Å²) < 4.78 is 0.443. The van der Waals surface area contributed by atoms with Gasteiger partial charge in [0, 0.05) is 5.69 Å². The molecule has 0 saturated carbocycles. The molecule has 0 aliphatic rings. The molecule has 0 fully saturated rings. The number of aromatic hydroxyl groups is 1. The Kier molecular flexibility index (Phi) is 5.35. The molecular weight excluding hydrogens is 376 g/mol. The number of phenols is 1. The third kappa shape index (κ3) is 4.21. The van der Waals surface area contributed by atoms with Crippen LogP contribution >= 0.6 is 15.9 Å². The van der Waals surface area contributed by atoms with Crippen LogP contribution in [-0.4, -0.2) is 22.1 Å². The molecule has 0 atom stereocenters. The average Bonchev–Trinajstić information content (AvgIpc) is 2.56. The van der Waals surface area contributed by atoms with Crippen LogP contribution in [0.4, 0.5) is 5.69 Å². The predicted octanol–water partition coefficient (Wildman–Crippen LogP) is 3.40. The number of carbonyl (C=O) groups excluding carboxylic acids is 1. The number of nitriles is 1. The number of nitrogens with zero attached hydrogens (tertiary/aromatic N) is 1. The number of amides is 1. The van der Waals surface area contributed by atoms with Crippen LogP contribution < -0.4 is 5.32 Å². The molecular formula is C17H11BrN2O4. The highest BCUT2D eigenvalue weighted by molar-refractivity contribution is 9.10. The number of phenolic OH excluding ortho intramolecular Hbond substituents is 1. The molecule has 7 heteroatoms. The van der Waals surface area contributed by atoms with Gasteiger partial charge in [0.15, 0.2) is 0 Å². The first-order valence-corrected chi connectivity index (χ1v) is 7.45. The summed E-state index contributed by atoms with van der Waals surface area (Å²) >= 11 is 3.16. The number of carboxylic acid groups (broad SMARTS) is 1. The molecule has 0 bridgehead atoms. The van der Waals surface area contributed by atoms with E-state index in [2.05, 4.69) is 21.2 Å². The van der Waals surface area contributed by atoms with Crippen molar-refractivity contribution >= 4 is 39.6 Å². The second-order valence-electron chi connectivity index (χ2n) is 4.72. The van der Waals surface area contributed by atoms with Crippen molar-refractivity contribution in [2.24, 2.45) is 0 Å². The highest BCUT2D eigenvalue weighted by atomic mass is 79.9. The largest absolute Gasteiger partial charge is 0.507 e. The normalized spacial score (nSPS) is 10.8. The number of halogens is 1. The van der Waals surface area contributed by atoms with Gasteiger partial charge in [-0.25, -0.2) is 4.79 Å². The van der Waals surface area contributed by atoms with E-state index >= 15 is 0 Å². The Morgan fingerprint density at radius 3 is 2.38 bits per heavy atom. The van der Waals surface area contributed by atoms with E-state index in [9.17, 15) is 14.7 Å². The number of benzene rings is 2. The number of anilines is 1. The zero-order valence-electron chi connectivity index (χ0n) is 12.2. The number of hydrogen-bond donors (Lipinski definition) is 3. The van der Waals surface area contributed by atoms with Gasteiger partial charge in [-0.05, 0) is 64.0 Å². The Bertz CT molecular complexity index is 867. The van der Waals surface area contributed by atoms with Crippen LogP contribution in [0.3, 0.4) is 0 Å². The smallest absolute Gasteiger partial charge is 0.335 e. The van der Waals surface area contributed by atoms with Gasteiger partial charge in [0.1, 0.15) is 17.4 Å². The number of hydrogen-bond acceptors (Lipinski definition) is 4. The maximum Gasteiger partial charge on any atom is 0.335 e. The lowest BCUT2D eigenvalue weighted by molar-refractivity contribution is -0.112. The quantitative estimate of drug-likeness (QED) is 0.550. The lowest BCUT2D eigenvalue weighted by atomic mass is 10.1. The van der Waals surface area contributed by atoms with Crippen molar-refractivity contribution in [1.29, 1.82) is 5.26 Å². The first kappa shape index (κ1) is 17.2. The van der Waals surface area contributed by atoms with Gasteiger partial charge in [-0.3, -0.25) is 4.79 Å². The van der Waals surface area contributed by atoms with Gasteiger partial charge in [0.05, 0.1) is 10.0 Å². The standard InChI is InChI=1S/C17H11BrN2O4/c18-14-8-10(1-6-15(14)21)7-12(9-19)16(22)20-13-4-2-11(3-5-13)17(23)24/h1-8,21H,(H,20,22)(H,23,24). The zero-order valence-corrected chi connectivity index (χ0v) is 13.7. The molecule has 0 saturated heterocycles. The van der Waals surface area contributed by atoms with Crippen molar-refractivity contribution in [2.45, 2.75) is 0 Å². The lowest BCUT2D eigenvalue weighted by Crippen LogP contribution is -2.13. The summed E-state index contributed by atoms with van der Waals surface area (Å²) in [7, 11) is 0. The molecule has 2 aromatic rings. The highest BCUT2D eigenvalue weighted by Crippen LogP contribution is 2.25. The topological polar surface area (TPSA) is 110 Å². The van der Waals surface area contributed by atoms with Crippen LogP contribution in [0.2, 0.25) is 0 Å². The molecule has 2 rings (SSSR count). The number of aromatic carboxylic acids is 1. The minimum absolute atomic E-state index is 0.0497. The molecule has 2 aromatic carbocycles. The van der Waals surface area contributed by atoms with Crippen LogP contribution in [0.25, 0.3) is 6.08 Å². The molecule has 0 radical (unpaired) electrons. The summed E-state index contributed by atoms with van der Waals surface area (Å²) in [6.45, 7) is 0. The first-order chi connectivity index (χ1) is 11.4. The van der Waals surface area contributed by atoms with Crippen LogP contribution in [-0.2, 0) is 4.79 Å². The second kappa shape index (κ2) is 7.44. The van der Waals surface area contributed by atoms with Gasteiger partial charge >= 0.3 is 5.97 Å². The van der Waals surface area contributed by atoms with Crippen molar-refractivity contribution in [3.63, 3.8) is 0 Å². The van der Waals surface area contributed by atoms with Gasteiger partial charge in [-0.2, -0.15) is 5.26 Å². The fraction of sp³-hybridized carbons (Fsp3) is 0. The van der Waals surface area contributed by atoms with Crippen LogP contribution in [0.5, 0.6) is 5.75 Å². The molecule has 0 spiro atoms. The summed E-state index contributed by atoms with van der Waals surface area (Å²) in [4.78, 5) is 22.9. The van der Waals surface area contributed by atoms with Crippen LogP contribution in [0.15, 0.2) is 52.5 Å².